The molecule has 14 rings (SSSR count). The zero-order valence-corrected chi connectivity index (χ0v) is 74.1. The van der Waals surface area contributed by atoms with Crippen molar-refractivity contribution in [2.75, 3.05) is 54.4 Å². The summed E-state index contributed by atoms with van der Waals surface area (Å²) in [5.41, 5.74) is 1.12. The number of aromatic nitrogens is 4. The quantitative estimate of drug-likeness (QED) is 0.0459. The predicted molar refractivity (Wildman–Crippen MR) is 440 cm³/mol. The van der Waals surface area contributed by atoms with Crippen molar-refractivity contribution < 1.29 is 103 Å². The van der Waals surface area contributed by atoms with E-state index in [4.69, 9.17) is 38.0 Å². The van der Waals surface area contributed by atoms with Crippen molar-refractivity contribution in [3.8, 4) is 0 Å². The Morgan fingerprint density at radius 2 is 0.623 bits per heavy atom. The number of oxime groups is 2. The number of amides is 4. The molecule has 0 bridgehead atoms. The van der Waals surface area contributed by atoms with Gasteiger partial charge in [0.15, 0.2) is 0 Å². The maximum atomic E-state index is 14.3. The van der Waals surface area contributed by atoms with Crippen LogP contribution < -0.4 is 0 Å². The lowest BCUT2D eigenvalue weighted by Crippen LogP contribution is -2.48. The van der Waals surface area contributed by atoms with Crippen LogP contribution in [0.25, 0.3) is 0 Å². The summed E-state index contributed by atoms with van der Waals surface area (Å²) >= 11 is 0. The van der Waals surface area contributed by atoms with Gasteiger partial charge in [-0.15, -0.1) is 0 Å². The molecule has 0 saturated carbocycles. The van der Waals surface area contributed by atoms with E-state index < -0.39 is 96.6 Å². The summed E-state index contributed by atoms with van der Waals surface area (Å²) in [7, 11) is 8.33. The molecule has 28 nitrogen and oxygen atoms in total. The number of quaternary nitrogens is 2. The molecule has 4 amide bonds. The van der Waals surface area contributed by atoms with Gasteiger partial charge in [0.25, 0.3) is 11.2 Å². The minimum Gasteiger partial charge on any atom is -0.391 e. The van der Waals surface area contributed by atoms with Crippen LogP contribution in [0.2, 0.25) is 0 Å². The van der Waals surface area contributed by atoms with Gasteiger partial charge in [-0.05, 0) is 92.9 Å². The van der Waals surface area contributed by atoms with Crippen molar-refractivity contribution in [3.05, 3.63) is 141 Å². The number of alkyl halides is 6. The number of hydrogen-bond donors (Lipinski definition) is 4. The predicted octanol–water partition coefficient (Wildman–Crippen LogP) is 13.1. The number of carbonyl (C=O) groups excluding carboxylic acids is 4. The third kappa shape index (κ3) is 19.0. The van der Waals surface area contributed by atoms with Gasteiger partial charge in [0.05, 0.1) is 124 Å². The number of benzene rings is 2. The van der Waals surface area contributed by atoms with Crippen molar-refractivity contribution in [1.82, 2.24) is 40.2 Å². The molecule has 4 N–H and O–H groups in total. The van der Waals surface area contributed by atoms with Crippen molar-refractivity contribution in [1.29, 1.82) is 0 Å². The van der Waals surface area contributed by atoms with Crippen molar-refractivity contribution in [2.24, 2.45) is 44.2 Å². The summed E-state index contributed by atoms with van der Waals surface area (Å²) in [5.74, 6) is -1.17. The largest absolute Gasteiger partial charge is 0.435 e. The van der Waals surface area contributed by atoms with Gasteiger partial charge in [0.2, 0.25) is 23.6 Å². The SMILES string of the molecule is Cc1cc(C(C(=O)N2C[C@H](O)CC2C2=N[N+](C)(C)C(C)(C)C2)C(C)C)on1.Cc1cc([C@H](C(=O)N2C[C@H](O)C[C@H]2C2=N[N+](C)(C)C(C)(C)C2)C(C)C)on1.Cc1ccc([C@@]2(C(F)(F)F)CC([C@@H]3C[C@@H](O)CN3C(=O)[C@H](c3cc(C)no3)C(C)C)=NO2)cc1.Cc1ccc([C@]2(C(F)(F)F)CC([C@@H]3C[C@@H](O)CN3C(=O)[C@@H](c3cc(C)no3)C(C)C)=NO2)cc1. The van der Waals surface area contributed by atoms with E-state index >= 15 is 0 Å². The van der Waals surface area contributed by atoms with Crippen LogP contribution in [-0.2, 0) is 40.1 Å². The number of carbonyl (C=O) groups is 4. The number of halogens is 6. The van der Waals surface area contributed by atoms with E-state index in [9.17, 15) is 65.9 Å². The van der Waals surface area contributed by atoms with Crippen molar-refractivity contribution in [3.63, 3.8) is 0 Å². The average Bonchev–Trinajstić information content (AvgIpc) is 1.59. The van der Waals surface area contributed by atoms with E-state index in [0.29, 0.717) is 69.5 Å². The summed E-state index contributed by atoms with van der Waals surface area (Å²) in [4.78, 5) is 70.9. The number of nitrogens with zero attached hydrogens (tertiary/aromatic N) is 14. The molecule has 0 spiro atoms. The summed E-state index contributed by atoms with van der Waals surface area (Å²) < 4.78 is 108. The maximum Gasteiger partial charge on any atom is 0.435 e. The fraction of sp³-hybridized carbons (Fsp3) is 0.636. The van der Waals surface area contributed by atoms with Gasteiger partial charge in [-0.2, -0.15) is 35.5 Å². The molecular formula is C88H122F6N14O14+2. The fourth-order valence-electron chi connectivity index (χ4n) is 17.8. The molecule has 2 aromatic carbocycles. The zero-order valence-electron chi connectivity index (χ0n) is 74.1. The lowest BCUT2D eigenvalue weighted by Gasteiger charge is -2.33. The van der Waals surface area contributed by atoms with Crippen LogP contribution >= 0.6 is 0 Å². The first-order valence-corrected chi connectivity index (χ1v) is 42.0. The second kappa shape index (κ2) is 35.4. The molecule has 0 radical (unpaired) electrons. The molecule has 8 aliphatic rings. The maximum absolute atomic E-state index is 14.3. The van der Waals surface area contributed by atoms with Gasteiger partial charge in [-0.1, -0.05) is 156 Å². The Morgan fingerprint density at radius 3 is 0.811 bits per heavy atom. The Morgan fingerprint density at radius 1 is 0.393 bits per heavy atom. The lowest BCUT2D eigenvalue weighted by atomic mass is 9.85. The fourth-order valence-corrected chi connectivity index (χ4v) is 17.8. The Balaban J connectivity index is 0.000000160. The third-order valence-electron chi connectivity index (χ3n) is 25.7. The van der Waals surface area contributed by atoms with E-state index in [0.717, 1.165) is 46.8 Å². The van der Waals surface area contributed by atoms with E-state index in [2.05, 4.69) is 86.8 Å². The normalized spacial score (nSPS) is 26.9. The minimum atomic E-state index is -4.74. The van der Waals surface area contributed by atoms with Crippen molar-refractivity contribution in [2.45, 2.75) is 283 Å². The van der Waals surface area contributed by atoms with Gasteiger partial charge < -0.3 is 67.8 Å². The van der Waals surface area contributed by atoms with Gasteiger partial charge in [-0.3, -0.25) is 19.2 Å². The lowest BCUT2D eigenvalue weighted by molar-refractivity contribution is -0.937. The van der Waals surface area contributed by atoms with E-state index in [-0.39, 0.29) is 119 Å². The van der Waals surface area contributed by atoms with Crippen LogP contribution in [0.15, 0.2) is 111 Å². The number of likely N-dealkylation sites (tertiary alicyclic amines) is 4. The highest BCUT2D eigenvalue weighted by Crippen LogP contribution is 2.52. The van der Waals surface area contributed by atoms with Crippen LogP contribution in [0.4, 0.5) is 26.3 Å². The number of aliphatic hydroxyl groups excluding tert-OH is 4. The van der Waals surface area contributed by atoms with Crippen LogP contribution in [0.3, 0.4) is 0 Å². The first-order chi connectivity index (χ1) is 56.7. The molecule has 668 valence electrons. The molecular weight excluding hydrogens is 1590 g/mol. The van der Waals surface area contributed by atoms with Gasteiger partial charge in [0.1, 0.15) is 69.2 Å². The number of rotatable bonds is 18. The average molecular weight is 1710 g/mol. The highest BCUT2D eigenvalue weighted by Gasteiger charge is 2.66. The number of hydrogen-bond acceptors (Lipinski definition) is 22. The second-order valence-electron chi connectivity index (χ2n) is 38.0. The molecule has 6 aromatic rings. The topological polar surface area (TPSA) is 334 Å². The Bertz CT molecular complexity index is 4550. The number of aliphatic hydroxyl groups is 4. The van der Waals surface area contributed by atoms with Crippen LogP contribution in [0, 0.1) is 65.2 Å². The molecule has 0 aliphatic carbocycles. The van der Waals surface area contributed by atoms with Gasteiger partial charge in [-0.25, -0.2) is 0 Å². The van der Waals surface area contributed by atoms with Gasteiger partial charge >= 0.3 is 12.4 Å². The Kier molecular flexibility index (Phi) is 27.1. The Labute approximate surface area is 708 Å². The highest BCUT2D eigenvalue weighted by atomic mass is 19.4. The summed E-state index contributed by atoms with van der Waals surface area (Å²) in [6.45, 7) is 35.6. The first kappa shape index (κ1) is 93.5. The number of β-amino-alcohol motifs (C(OH)–C–C–N with tert-alkyl or cyclic N) is 4. The molecule has 34 heteroatoms. The standard InChI is InChI=1S/2C24H28F3N3O4.2C20H33N4O3/c2*1-13(2)21(20-9-15(4)28-33-20)22(32)30-12-17(31)10-19(30)18-11-23(34-29-18,24(25,26)27)16-7-5-14(3)6-8-16;2*1-12(2)18(17-8-13(3)22-27-17)19(26)23-11-14(25)9-16(23)15-10-20(4,5)24(6,7)21-15/h2*5-9,13,17,19,21,31H,10-12H2,1-4H3;2*8,12,14,16,18,25H,9-11H2,1-7H3/q;;2*+1/t17-,19+,21+,23-;17-,19+,21-,23+;14-,16?,18?;14-,16+,18-/m1111/s1. The van der Waals surface area contributed by atoms with Crippen molar-refractivity contribution >= 4 is 46.5 Å². The monoisotopic (exact) mass is 1710 g/mol. The molecule has 14 atom stereocenters. The molecule has 2 unspecified atom stereocenters. The second-order valence-corrected chi connectivity index (χ2v) is 38.0. The molecule has 4 fully saturated rings. The highest BCUT2D eigenvalue weighted by molar-refractivity contribution is 5.99. The van der Waals surface area contributed by atoms with Crippen LogP contribution in [0.1, 0.15) is 226 Å². The van der Waals surface area contributed by atoms with E-state index in [1.54, 1.807) is 64.1 Å². The molecule has 8 aliphatic heterocycles. The molecule has 4 aromatic heterocycles. The molecule has 122 heavy (non-hydrogen) atoms. The van der Waals surface area contributed by atoms with Crippen LogP contribution in [0.5, 0.6) is 0 Å². The summed E-state index contributed by atoms with van der Waals surface area (Å²) in [5, 5.41) is 74.6. The minimum absolute atomic E-state index is 0.0115. The Hall–Kier alpha value is -9.22. The van der Waals surface area contributed by atoms with E-state index in [1.807, 2.05) is 91.2 Å². The summed E-state index contributed by atoms with van der Waals surface area (Å²) in [6, 6.07) is 17.0. The van der Waals surface area contributed by atoms with E-state index in [1.165, 1.54) is 34.1 Å². The number of aryl methyl sites for hydroxylation is 6. The first-order valence-electron chi connectivity index (χ1n) is 42.0. The summed E-state index contributed by atoms with van der Waals surface area (Å²) in [6.07, 6.45) is -10.5. The molecule has 4 saturated heterocycles. The van der Waals surface area contributed by atoms with Gasteiger partial charge in [0, 0.05) is 100 Å². The smallest absolute Gasteiger partial charge is 0.391 e. The molecule has 12 heterocycles. The zero-order chi connectivity index (χ0) is 90.0. The van der Waals surface area contributed by atoms with Crippen LogP contribution in [-0.4, -0.2) is 243 Å². The third-order valence-corrected chi connectivity index (χ3v) is 25.7.